The van der Waals surface area contributed by atoms with E-state index in [1.165, 1.54) is 6.07 Å². The average Bonchev–Trinajstić information content (AvgIpc) is 2.69. The molecule has 1 aliphatic heterocycles. The quantitative estimate of drug-likeness (QED) is 0.744. The minimum atomic E-state index is -0.340. The lowest BCUT2D eigenvalue weighted by molar-refractivity contribution is -0.115. The highest BCUT2D eigenvalue weighted by molar-refractivity contribution is 7.99. The molecule has 0 aromatic heterocycles. The summed E-state index contributed by atoms with van der Waals surface area (Å²) in [5.41, 5.74) is 1.42. The molecule has 3 rings (SSSR count). The van der Waals surface area contributed by atoms with Crippen LogP contribution in [0, 0.1) is 0 Å². The average molecular weight is 314 g/mol. The summed E-state index contributed by atoms with van der Waals surface area (Å²) in [5, 5.41) is 15.2. The van der Waals surface area contributed by atoms with Gasteiger partial charge < -0.3 is 15.7 Å². The monoisotopic (exact) mass is 314 g/mol. The molecular formula is C16H14N2O3S. The number of benzene rings is 2. The lowest BCUT2D eigenvalue weighted by atomic mass is 10.1. The first-order valence-corrected chi connectivity index (χ1v) is 7.78. The van der Waals surface area contributed by atoms with Gasteiger partial charge in [-0.05, 0) is 30.3 Å². The first-order chi connectivity index (χ1) is 10.6. The van der Waals surface area contributed by atoms with Gasteiger partial charge in [0, 0.05) is 22.6 Å². The maximum atomic E-state index is 12.3. The number of phenols is 1. The molecule has 0 saturated heterocycles. The van der Waals surface area contributed by atoms with E-state index in [2.05, 4.69) is 10.6 Å². The number of thioether (sulfide) groups is 1. The second-order valence-corrected chi connectivity index (χ2v) is 5.97. The highest BCUT2D eigenvalue weighted by atomic mass is 32.2. The first-order valence-electron chi connectivity index (χ1n) is 6.79. The van der Waals surface area contributed by atoms with Gasteiger partial charge >= 0.3 is 0 Å². The standard InChI is InChI=1S/C16H14N2O3S/c19-13-4-2-1-3-11(13)18-16(21)10-5-6-14-12(9-10)17-15(20)7-8-22-14/h1-6,9,19H,7-8H2,(H,17,20)(H,18,21). The van der Waals surface area contributed by atoms with Crippen LogP contribution in [0.25, 0.3) is 0 Å². The highest BCUT2D eigenvalue weighted by Crippen LogP contribution is 2.32. The zero-order valence-corrected chi connectivity index (χ0v) is 12.4. The number of carbonyl (C=O) groups excluding carboxylic acids is 2. The van der Waals surface area contributed by atoms with E-state index in [1.54, 1.807) is 42.1 Å². The molecule has 2 aromatic rings. The summed E-state index contributed by atoms with van der Waals surface area (Å²) < 4.78 is 0. The maximum Gasteiger partial charge on any atom is 0.255 e. The fourth-order valence-corrected chi connectivity index (χ4v) is 3.07. The fraction of sp³-hybridized carbons (Fsp3) is 0.125. The van der Waals surface area contributed by atoms with Crippen molar-refractivity contribution in [1.82, 2.24) is 0 Å². The molecule has 2 aromatic carbocycles. The van der Waals surface area contributed by atoms with Crippen LogP contribution in [0.5, 0.6) is 5.75 Å². The number of carbonyl (C=O) groups is 2. The number of phenolic OH excluding ortho intramolecular Hbond substituents is 1. The van der Waals surface area contributed by atoms with Crippen LogP contribution in [0.1, 0.15) is 16.8 Å². The van der Waals surface area contributed by atoms with Crippen LogP contribution in [0.2, 0.25) is 0 Å². The summed E-state index contributed by atoms with van der Waals surface area (Å²) in [5.74, 6) is 0.342. The Balaban J connectivity index is 1.84. The molecule has 22 heavy (non-hydrogen) atoms. The largest absolute Gasteiger partial charge is 0.506 e. The van der Waals surface area contributed by atoms with Crippen molar-refractivity contribution in [3.63, 3.8) is 0 Å². The normalized spacial score (nSPS) is 13.7. The van der Waals surface area contributed by atoms with E-state index in [4.69, 9.17) is 0 Å². The summed E-state index contributed by atoms with van der Waals surface area (Å²) in [6, 6.07) is 11.7. The number of nitrogens with one attached hydrogen (secondary N) is 2. The van der Waals surface area contributed by atoms with Gasteiger partial charge in [-0.3, -0.25) is 9.59 Å². The van der Waals surface area contributed by atoms with Gasteiger partial charge in [0.1, 0.15) is 5.75 Å². The van der Waals surface area contributed by atoms with Gasteiger partial charge in [0.05, 0.1) is 11.4 Å². The molecule has 0 bridgehead atoms. The van der Waals surface area contributed by atoms with Crippen molar-refractivity contribution in [2.24, 2.45) is 0 Å². The Bertz CT molecular complexity index is 746. The lowest BCUT2D eigenvalue weighted by Gasteiger charge is -2.10. The highest BCUT2D eigenvalue weighted by Gasteiger charge is 2.16. The van der Waals surface area contributed by atoms with E-state index in [-0.39, 0.29) is 17.6 Å². The topological polar surface area (TPSA) is 78.4 Å². The number of aromatic hydroxyl groups is 1. The molecule has 1 aliphatic rings. The van der Waals surface area contributed by atoms with Crippen LogP contribution >= 0.6 is 11.8 Å². The zero-order valence-electron chi connectivity index (χ0n) is 11.6. The minimum Gasteiger partial charge on any atom is -0.506 e. The summed E-state index contributed by atoms with van der Waals surface area (Å²) in [4.78, 5) is 24.8. The summed E-state index contributed by atoms with van der Waals surface area (Å²) in [7, 11) is 0. The molecule has 1 heterocycles. The smallest absolute Gasteiger partial charge is 0.255 e. The molecule has 5 nitrogen and oxygen atoms in total. The third-order valence-corrected chi connectivity index (χ3v) is 4.33. The van der Waals surface area contributed by atoms with E-state index < -0.39 is 0 Å². The van der Waals surface area contributed by atoms with Crippen LogP contribution in [0.3, 0.4) is 0 Å². The summed E-state index contributed by atoms with van der Waals surface area (Å²) in [6.07, 6.45) is 0.457. The second kappa shape index (κ2) is 6.11. The van der Waals surface area contributed by atoms with Crippen LogP contribution in [0.15, 0.2) is 47.4 Å². The van der Waals surface area contributed by atoms with Gasteiger partial charge in [0.25, 0.3) is 5.91 Å². The van der Waals surface area contributed by atoms with Crippen molar-refractivity contribution in [2.45, 2.75) is 11.3 Å². The number of hydrogen-bond donors (Lipinski definition) is 3. The van der Waals surface area contributed by atoms with E-state index in [1.807, 2.05) is 6.07 Å². The van der Waals surface area contributed by atoms with Crippen molar-refractivity contribution < 1.29 is 14.7 Å². The molecule has 3 N–H and O–H groups in total. The summed E-state index contributed by atoms with van der Waals surface area (Å²) >= 11 is 1.59. The molecule has 2 amide bonds. The predicted molar refractivity (Wildman–Crippen MR) is 86.5 cm³/mol. The van der Waals surface area contributed by atoms with E-state index in [9.17, 15) is 14.7 Å². The van der Waals surface area contributed by atoms with Crippen LogP contribution in [0.4, 0.5) is 11.4 Å². The molecule has 0 aliphatic carbocycles. The molecule has 0 spiro atoms. The van der Waals surface area contributed by atoms with Gasteiger partial charge in [0.2, 0.25) is 5.91 Å². The molecule has 0 atom stereocenters. The molecule has 112 valence electrons. The number of hydrogen-bond acceptors (Lipinski definition) is 4. The van der Waals surface area contributed by atoms with Crippen molar-refractivity contribution in [3.8, 4) is 5.75 Å². The zero-order chi connectivity index (χ0) is 15.5. The van der Waals surface area contributed by atoms with E-state index >= 15 is 0 Å². The van der Waals surface area contributed by atoms with Crippen molar-refractivity contribution in [2.75, 3.05) is 16.4 Å². The summed E-state index contributed by atoms with van der Waals surface area (Å²) in [6.45, 7) is 0. The van der Waals surface area contributed by atoms with Crippen molar-refractivity contribution >= 4 is 35.0 Å². The molecule has 0 fully saturated rings. The Morgan fingerprint density at radius 2 is 2.05 bits per heavy atom. The SMILES string of the molecule is O=C1CCSc2ccc(C(=O)Nc3ccccc3O)cc2N1. The predicted octanol–water partition coefficient (Wildman–Crippen LogP) is 3.08. The Labute approximate surface area is 131 Å². The third kappa shape index (κ3) is 3.07. The Kier molecular flexibility index (Phi) is 4.02. The fourth-order valence-electron chi connectivity index (χ4n) is 2.13. The molecular weight excluding hydrogens is 300 g/mol. The van der Waals surface area contributed by atoms with Crippen LogP contribution < -0.4 is 10.6 Å². The molecule has 0 radical (unpaired) electrons. The molecule has 0 unspecified atom stereocenters. The maximum absolute atomic E-state index is 12.3. The van der Waals surface area contributed by atoms with E-state index in [0.717, 1.165) is 10.6 Å². The number of amides is 2. The first kappa shape index (κ1) is 14.5. The van der Waals surface area contributed by atoms with Crippen LogP contribution in [-0.4, -0.2) is 22.7 Å². The lowest BCUT2D eigenvalue weighted by Crippen LogP contribution is -2.14. The minimum absolute atomic E-state index is 0.00877. The van der Waals surface area contributed by atoms with Gasteiger partial charge in [-0.1, -0.05) is 12.1 Å². The Hall–Kier alpha value is -2.47. The van der Waals surface area contributed by atoms with Gasteiger partial charge in [0.15, 0.2) is 0 Å². The number of anilines is 2. The third-order valence-electron chi connectivity index (χ3n) is 3.25. The molecule has 6 heteroatoms. The van der Waals surface area contributed by atoms with Crippen LogP contribution in [-0.2, 0) is 4.79 Å². The number of para-hydroxylation sites is 2. The number of rotatable bonds is 2. The van der Waals surface area contributed by atoms with Gasteiger partial charge in [-0.15, -0.1) is 11.8 Å². The van der Waals surface area contributed by atoms with Gasteiger partial charge in [-0.2, -0.15) is 0 Å². The Morgan fingerprint density at radius 1 is 1.23 bits per heavy atom. The Morgan fingerprint density at radius 3 is 2.86 bits per heavy atom. The van der Waals surface area contributed by atoms with Crippen molar-refractivity contribution in [3.05, 3.63) is 48.0 Å². The van der Waals surface area contributed by atoms with Crippen molar-refractivity contribution in [1.29, 1.82) is 0 Å². The second-order valence-electron chi connectivity index (χ2n) is 4.83. The van der Waals surface area contributed by atoms with E-state index in [0.29, 0.717) is 23.4 Å². The number of fused-ring (bicyclic) bond motifs is 1. The molecule has 0 saturated carbocycles. The van der Waals surface area contributed by atoms with Gasteiger partial charge in [-0.25, -0.2) is 0 Å².